The second-order valence-corrected chi connectivity index (χ2v) is 11.3. The summed E-state index contributed by atoms with van der Waals surface area (Å²) in [7, 11) is 3.05. The van der Waals surface area contributed by atoms with Crippen molar-refractivity contribution < 1.29 is 39.6 Å². The van der Waals surface area contributed by atoms with Gasteiger partial charge in [-0.3, -0.25) is 24.1 Å². The molecule has 10 nitrogen and oxygen atoms in total. The van der Waals surface area contributed by atoms with Gasteiger partial charge in [-0.2, -0.15) is 0 Å². The Hall–Kier alpha value is -2.77. The first kappa shape index (κ1) is 27.3. The van der Waals surface area contributed by atoms with E-state index in [1.54, 1.807) is 19.9 Å². The minimum absolute atomic E-state index is 0.0243. The van der Waals surface area contributed by atoms with Gasteiger partial charge in [-0.25, -0.2) is 0 Å². The fourth-order valence-electron chi connectivity index (χ4n) is 6.53. The van der Waals surface area contributed by atoms with E-state index in [0.717, 1.165) is 0 Å². The van der Waals surface area contributed by atoms with Crippen LogP contribution in [0, 0.1) is 21.3 Å². The van der Waals surface area contributed by atoms with E-state index in [9.17, 15) is 39.6 Å². The van der Waals surface area contributed by atoms with Gasteiger partial charge in [-0.1, -0.05) is 13.8 Å². The SMILES string of the molecule is CCC(=O)CC1C2C(=C(O)c3c(O)ccc(I)c3C2C)C(=O)C2(O)C(O)=C(C(N)=O)C(=O)C(N(C)C)C12. The van der Waals surface area contributed by atoms with E-state index in [2.05, 4.69) is 22.6 Å². The number of carbonyl (C=O) groups is 4. The second-order valence-electron chi connectivity index (χ2n) is 10.2. The molecule has 3 aliphatic rings. The number of aliphatic hydroxyl groups excluding tert-OH is 2. The molecular formula is C26H29IN2O8. The Bertz CT molecular complexity index is 1320. The van der Waals surface area contributed by atoms with Gasteiger partial charge < -0.3 is 26.2 Å². The van der Waals surface area contributed by atoms with E-state index in [1.165, 1.54) is 25.1 Å². The number of carbonyl (C=O) groups excluding carboxylic acids is 4. The van der Waals surface area contributed by atoms with Crippen LogP contribution in [0.4, 0.5) is 0 Å². The van der Waals surface area contributed by atoms with Crippen molar-refractivity contribution >= 4 is 51.6 Å². The van der Waals surface area contributed by atoms with Crippen LogP contribution >= 0.6 is 22.6 Å². The minimum Gasteiger partial charge on any atom is -0.508 e. The molecule has 1 aromatic rings. The zero-order valence-electron chi connectivity index (χ0n) is 20.8. The number of hydrogen-bond acceptors (Lipinski definition) is 9. The molecule has 6 unspecified atom stereocenters. The molecule has 1 saturated carbocycles. The van der Waals surface area contributed by atoms with Gasteiger partial charge in [0.2, 0.25) is 5.78 Å². The molecule has 1 aromatic carbocycles. The summed E-state index contributed by atoms with van der Waals surface area (Å²) in [6.45, 7) is 3.45. The van der Waals surface area contributed by atoms with E-state index in [1.807, 2.05) is 0 Å². The van der Waals surface area contributed by atoms with Crippen molar-refractivity contribution in [2.45, 2.75) is 44.2 Å². The molecule has 37 heavy (non-hydrogen) atoms. The maximum absolute atomic E-state index is 14.1. The van der Waals surface area contributed by atoms with Gasteiger partial charge in [0.15, 0.2) is 11.4 Å². The van der Waals surface area contributed by atoms with Crippen LogP contribution < -0.4 is 5.73 Å². The summed E-state index contributed by atoms with van der Waals surface area (Å²) in [5.41, 5.74) is 1.99. The predicted molar refractivity (Wildman–Crippen MR) is 140 cm³/mol. The third-order valence-electron chi connectivity index (χ3n) is 8.10. The van der Waals surface area contributed by atoms with Crippen molar-refractivity contribution in [2.24, 2.45) is 23.5 Å². The monoisotopic (exact) mass is 624 g/mol. The molecule has 1 fully saturated rings. The first-order chi connectivity index (χ1) is 17.2. The van der Waals surface area contributed by atoms with Crippen LogP contribution in [0.15, 0.2) is 29.0 Å². The summed E-state index contributed by atoms with van der Waals surface area (Å²) in [5.74, 6) is -9.13. The van der Waals surface area contributed by atoms with E-state index in [0.29, 0.717) is 9.13 Å². The van der Waals surface area contributed by atoms with Crippen LogP contribution in [-0.4, -0.2) is 74.3 Å². The van der Waals surface area contributed by atoms with Crippen LogP contribution in [0.2, 0.25) is 0 Å². The largest absolute Gasteiger partial charge is 0.508 e. The number of primary amides is 1. The first-order valence-electron chi connectivity index (χ1n) is 11.9. The number of hydrogen-bond donors (Lipinski definition) is 5. The van der Waals surface area contributed by atoms with Crippen LogP contribution in [0.25, 0.3) is 5.76 Å². The molecule has 0 heterocycles. The number of ketones is 3. The molecule has 0 radical (unpaired) electrons. The molecule has 3 aliphatic carbocycles. The van der Waals surface area contributed by atoms with Crippen LogP contribution in [0.1, 0.15) is 43.7 Å². The maximum Gasteiger partial charge on any atom is 0.255 e. The summed E-state index contributed by atoms with van der Waals surface area (Å²) in [4.78, 5) is 54.1. The van der Waals surface area contributed by atoms with Gasteiger partial charge in [-0.15, -0.1) is 0 Å². The lowest BCUT2D eigenvalue weighted by Crippen LogP contribution is -2.69. The summed E-state index contributed by atoms with van der Waals surface area (Å²) < 4.78 is 0.708. The van der Waals surface area contributed by atoms with Crippen molar-refractivity contribution in [3.63, 3.8) is 0 Å². The summed E-state index contributed by atoms with van der Waals surface area (Å²) >= 11 is 2.06. The highest BCUT2D eigenvalue weighted by molar-refractivity contribution is 14.1. The summed E-state index contributed by atoms with van der Waals surface area (Å²) in [5, 5.41) is 45.1. The molecule has 0 aromatic heterocycles. The lowest BCUT2D eigenvalue weighted by atomic mass is 9.50. The Morgan fingerprint density at radius 1 is 1.16 bits per heavy atom. The Morgan fingerprint density at radius 3 is 2.32 bits per heavy atom. The Labute approximate surface area is 227 Å². The minimum atomic E-state index is -2.82. The van der Waals surface area contributed by atoms with Crippen molar-refractivity contribution in [3.05, 3.63) is 43.7 Å². The first-order valence-corrected chi connectivity index (χ1v) is 13.0. The number of aromatic hydroxyl groups is 1. The number of rotatable bonds is 5. The number of nitrogens with two attached hydrogens (primary N) is 1. The molecule has 1 amide bonds. The molecule has 0 spiro atoms. The summed E-state index contributed by atoms with van der Waals surface area (Å²) in [6, 6.07) is 1.76. The quantitative estimate of drug-likeness (QED) is 0.241. The standard InChI is InChI=1S/C26H29IN2O8/c1-5-10(30)8-11-14-9(2)15-12(27)6-7-13(31)16(15)21(32)17(14)23(34)26(37)19(11)20(29(3)4)22(33)18(24(26)35)25(28)36/h6-7,9,11,14,19-20,31-32,35,37H,5,8H2,1-4H3,(H2,28,36). The van der Waals surface area contributed by atoms with Crippen LogP contribution in [0.5, 0.6) is 5.75 Å². The van der Waals surface area contributed by atoms with Crippen molar-refractivity contribution in [1.29, 1.82) is 0 Å². The number of fused-ring (bicyclic) bond motifs is 3. The van der Waals surface area contributed by atoms with Crippen molar-refractivity contribution in [1.82, 2.24) is 4.90 Å². The number of phenols is 1. The predicted octanol–water partition coefficient (Wildman–Crippen LogP) is 1.72. The number of phenolic OH excluding ortho intramolecular Hbond substituents is 1. The van der Waals surface area contributed by atoms with E-state index >= 15 is 0 Å². The smallest absolute Gasteiger partial charge is 0.255 e. The lowest BCUT2D eigenvalue weighted by molar-refractivity contribution is -0.162. The van der Waals surface area contributed by atoms with Gasteiger partial charge in [0.1, 0.15) is 28.6 Å². The Kier molecular flexibility index (Phi) is 6.79. The number of aliphatic hydroxyl groups is 3. The van der Waals surface area contributed by atoms with Gasteiger partial charge in [0.25, 0.3) is 5.91 Å². The number of benzene rings is 1. The zero-order chi connectivity index (χ0) is 27.7. The normalized spacial score (nSPS) is 31.3. The highest BCUT2D eigenvalue weighted by atomic mass is 127. The fraction of sp³-hybridized carbons (Fsp3) is 0.462. The molecule has 0 saturated heterocycles. The second kappa shape index (κ2) is 9.21. The van der Waals surface area contributed by atoms with Crippen molar-refractivity contribution in [2.75, 3.05) is 14.1 Å². The molecular weight excluding hydrogens is 595 g/mol. The Balaban J connectivity index is 2.14. The molecule has 0 bridgehead atoms. The number of amides is 1. The molecule has 0 aliphatic heterocycles. The molecule has 198 valence electrons. The third-order valence-corrected chi connectivity index (χ3v) is 9.04. The number of Topliss-reactive ketones (excluding diaryl/α,β-unsaturated/α-hetero) is 3. The van der Waals surface area contributed by atoms with Gasteiger partial charge in [0.05, 0.1) is 11.6 Å². The molecule has 6 N–H and O–H groups in total. The van der Waals surface area contributed by atoms with Crippen molar-refractivity contribution in [3.8, 4) is 5.75 Å². The average molecular weight is 624 g/mol. The number of halogens is 1. The van der Waals surface area contributed by atoms with Gasteiger partial charge in [0, 0.05) is 33.8 Å². The highest BCUT2D eigenvalue weighted by Crippen LogP contribution is 2.59. The van der Waals surface area contributed by atoms with E-state index in [4.69, 9.17) is 5.73 Å². The Morgan fingerprint density at radius 2 is 1.78 bits per heavy atom. The third kappa shape index (κ3) is 3.65. The van der Waals surface area contributed by atoms with Gasteiger partial charge in [-0.05, 0) is 66.2 Å². The van der Waals surface area contributed by atoms with E-state index < -0.39 is 69.9 Å². The molecule has 6 atom stereocenters. The molecule has 4 rings (SSSR count). The summed E-state index contributed by atoms with van der Waals surface area (Å²) in [6.07, 6.45) is -0.0182. The number of nitrogens with zero attached hydrogens (tertiary/aromatic N) is 1. The highest BCUT2D eigenvalue weighted by Gasteiger charge is 2.68. The zero-order valence-corrected chi connectivity index (χ0v) is 22.9. The fourth-order valence-corrected chi connectivity index (χ4v) is 7.47. The number of likely N-dealkylation sites (N-methyl/N-ethyl adjacent to an activating group) is 1. The van der Waals surface area contributed by atoms with Gasteiger partial charge >= 0.3 is 0 Å². The topological polar surface area (TPSA) is 178 Å². The van der Waals surface area contributed by atoms with Crippen LogP contribution in [-0.2, 0) is 19.2 Å². The lowest BCUT2D eigenvalue weighted by Gasteiger charge is -2.55. The van der Waals surface area contributed by atoms with E-state index in [-0.39, 0.29) is 35.5 Å². The maximum atomic E-state index is 14.1. The average Bonchev–Trinajstić information content (AvgIpc) is 2.81. The molecule has 11 heteroatoms. The van der Waals surface area contributed by atoms with Crippen LogP contribution in [0.3, 0.4) is 0 Å².